The Morgan fingerprint density at radius 3 is 3.00 bits per heavy atom. The molecule has 1 aromatic carbocycles. The summed E-state index contributed by atoms with van der Waals surface area (Å²) in [5.41, 5.74) is 1.11. The zero-order chi connectivity index (χ0) is 13.2. The zero-order valence-electron chi connectivity index (χ0n) is 11.1. The van der Waals surface area contributed by atoms with Crippen LogP contribution in [0.3, 0.4) is 0 Å². The molecule has 0 saturated heterocycles. The average Bonchev–Trinajstić information content (AvgIpc) is 2.36. The third-order valence-corrected chi connectivity index (χ3v) is 3.32. The lowest BCUT2D eigenvalue weighted by molar-refractivity contribution is 0.102. The van der Waals surface area contributed by atoms with Gasteiger partial charge >= 0.3 is 0 Å². The Kier molecular flexibility index (Phi) is 3.49. The molecule has 2 rings (SSSR count). The maximum atomic E-state index is 5.85. The molecule has 18 heavy (non-hydrogen) atoms. The maximum absolute atomic E-state index is 5.85. The molecule has 1 N–H and O–H groups in total. The fourth-order valence-electron chi connectivity index (χ4n) is 2.39. The van der Waals surface area contributed by atoms with E-state index < -0.39 is 0 Å². The highest BCUT2D eigenvalue weighted by molar-refractivity contribution is 5.50. The smallest absolute Gasteiger partial charge is 0.165 e. The summed E-state index contributed by atoms with van der Waals surface area (Å²) in [4.78, 5) is 0. The number of benzene rings is 1. The van der Waals surface area contributed by atoms with Crippen molar-refractivity contribution < 1.29 is 9.47 Å². The molecular weight excluding hydrogens is 226 g/mol. The lowest BCUT2D eigenvalue weighted by Gasteiger charge is -2.40. The van der Waals surface area contributed by atoms with E-state index in [0.29, 0.717) is 13.2 Å². The van der Waals surface area contributed by atoms with Crippen molar-refractivity contribution in [2.24, 2.45) is 5.41 Å². The summed E-state index contributed by atoms with van der Waals surface area (Å²) >= 11 is 0. The Hall–Kier alpha value is -1.66. The van der Waals surface area contributed by atoms with Gasteiger partial charge in [-0.1, -0.05) is 31.9 Å². The Labute approximate surface area is 108 Å². The third kappa shape index (κ3) is 2.16. The average molecular weight is 245 g/mol. The highest BCUT2D eigenvalue weighted by Gasteiger charge is 2.38. The van der Waals surface area contributed by atoms with Crippen LogP contribution in [0.1, 0.15) is 25.5 Å². The molecule has 1 aliphatic heterocycles. The molecule has 1 unspecified atom stereocenters. The molecule has 3 nitrogen and oxygen atoms in total. The second-order valence-corrected chi connectivity index (χ2v) is 5.17. The van der Waals surface area contributed by atoms with Gasteiger partial charge in [-0.05, 0) is 6.07 Å². The Balaban J connectivity index is 2.42. The van der Waals surface area contributed by atoms with Crippen molar-refractivity contribution >= 4 is 0 Å². The first-order valence-corrected chi connectivity index (χ1v) is 6.06. The first-order valence-electron chi connectivity index (χ1n) is 6.06. The van der Waals surface area contributed by atoms with Crippen LogP contribution in [0.5, 0.6) is 11.5 Å². The zero-order valence-corrected chi connectivity index (χ0v) is 11.1. The Bertz CT molecular complexity index is 474. The molecule has 0 aliphatic carbocycles. The van der Waals surface area contributed by atoms with Crippen LogP contribution in [0.2, 0.25) is 0 Å². The molecule has 96 valence electrons. The van der Waals surface area contributed by atoms with Crippen LogP contribution < -0.4 is 14.8 Å². The second kappa shape index (κ2) is 4.91. The van der Waals surface area contributed by atoms with Gasteiger partial charge in [-0.3, -0.25) is 5.32 Å². The van der Waals surface area contributed by atoms with Crippen molar-refractivity contribution in [3.05, 3.63) is 23.8 Å². The minimum atomic E-state index is -0.00376. The summed E-state index contributed by atoms with van der Waals surface area (Å²) in [6.45, 7) is 5.53. The molecule has 0 saturated carbocycles. The maximum Gasteiger partial charge on any atom is 0.165 e. The van der Waals surface area contributed by atoms with Gasteiger partial charge in [0.2, 0.25) is 0 Å². The standard InChI is InChI=1S/C15H19NO2/c1-5-9-16-14-11-7-6-8-12(17-4)13(11)18-10-15(14,2)3/h1,6-8,14,16H,9-10H2,2-4H3. The molecule has 3 heteroatoms. The number of hydrogen-bond donors (Lipinski definition) is 1. The molecule has 0 bridgehead atoms. The van der Waals surface area contributed by atoms with Crippen LogP contribution in [0.4, 0.5) is 0 Å². The van der Waals surface area contributed by atoms with Crippen molar-refractivity contribution in [2.45, 2.75) is 19.9 Å². The van der Waals surface area contributed by atoms with Gasteiger partial charge in [0, 0.05) is 17.0 Å². The Morgan fingerprint density at radius 2 is 2.33 bits per heavy atom. The molecule has 1 heterocycles. The van der Waals surface area contributed by atoms with Gasteiger partial charge in [0.1, 0.15) is 0 Å². The fourth-order valence-corrected chi connectivity index (χ4v) is 2.39. The highest BCUT2D eigenvalue weighted by atomic mass is 16.5. The van der Waals surface area contributed by atoms with E-state index in [2.05, 4.69) is 31.2 Å². The van der Waals surface area contributed by atoms with Gasteiger partial charge in [0.05, 0.1) is 20.3 Å². The molecule has 0 fully saturated rings. The van der Waals surface area contributed by atoms with Crippen molar-refractivity contribution in [2.75, 3.05) is 20.3 Å². The number of terminal acetylenes is 1. The molecule has 0 amide bonds. The predicted molar refractivity (Wildman–Crippen MR) is 71.8 cm³/mol. The summed E-state index contributed by atoms with van der Waals surface area (Å²) in [6.07, 6.45) is 5.34. The lowest BCUT2D eigenvalue weighted by Crippen LogP contribution is -2.41. The second-order valence-electron chi connectivity index (χ2n) is 5.17. The predicted octanol–water partition coefficient (Wildman–Crippen LogP) is 2.38. The molecule has 1 aromatic rings. The number of nitrogens with one attached hydrogen (secondary N) is 1. The first kappa shape index (κ1) is 12.8. The van der Waals surface area contributed by atoms with Crippen LogP contribution in [-0.2, 0) is 0 Å². The van der Waals surface area contributed by atoms with Crippen LogP contribution in [0, 0.1) is 17.8 Å². The minimum Gasteiger partial charge on any atom is -0.493 e. The molecule has 0 radical (unpaired) electrons. The summed E-state index contributed by atoms with van der Waals surface area (Å²) in [7, 11) is 1.66. The van der Waals surface area contributed by atoms with Crippen LogP contribution in [0.15, 0.2) is 18.2 Å². The monoisotopic (exact) mass is 245 g/mol. The van der Waals surface area contributed by atoms with Crippen LogP contribution in [0.25, 0.3) is 0 Å². The van der Waals surface area contributed by atoms with Crippen LogP contribution >= 0.6 is 0 Å². The van der Waals surface area contributed by atoms with E-state index in [1.807, 2.05) is 12.1 Å². The van der Waals surface area contributed by atoms with Crippen molar-refractivity contribution in [1.29, 1.82) is 0 Å². The van der Waals surface area contributed by atoms with Crippen molar-refractivity contribution in [3.8, 4) is 23.8 Å². The van der Waals surface area contributed by atoms with E-state index in [0.717, 1.165) is 17.1 Å². The molecule has 1 atom stereocenters. The van der Waals surface area contributed by atoms with E-state index in [-0.39, 0.29) is 11.5 Å². The molecule has 1 aliphatic rings. The lowest BCUT2D eigenvalue weighted by atomic mass is 9.79. The van der Waals surface area contributed by atoms with E-state index >= 15 is 0 Å². The summed E-state index contributed by atoms with van der Waals surface area (Å²) < 4.78 is 11.2. The topological polar surface area (TPSA) is 30.5 Å². The van der Waals surface area contributed by atoms with Crippen LogP contribution in [-0.4, -0.2) is 20.3 Å². The summed E-state index contributed by atoms with van der Waals surface area (Å²) in [6, 6.07) is 6.13. The summed E-state index contributed by atoms with van der Waals surface area (Å²) in [5.74, 6) is 4.23. The largest absolute Gasteiger partial charge is 0.493 e. The number of rotatable bonds is 3. The van der Waals surface area contributed by atoms with E-state index in [4.69, 9.17) is 15.9 Å². The molecule has 0 aromatic heterocycles. The first-order chi connectivity index (χ1) is 8.60. The van der Waals surface area contributed by atoms with Gasteiger partial charge < -0.3 is 9.47 Å². The van der Waals surface area contributed by atoms with Gasteiger partial charge in [-0.15, -0.1) is 6.42 Å². The van der Waals surface area contributed by atoms with Gasteiger partial charge in [0.25, 0.3) is 0 Å². The van der Waals surface area contributed by atoms with E-state index in [1.165, 1.54) is 0 Å². The van der Waals surface area contributed by atoms with Crippen molar-refractivity contribution in [3.63, 3.8) is 0 Å². The SMILES string of the molecule is C#CCNC1c2cccc(OC)c2OCC1(C)C. The number of ether oxygens (including phenoxy) is 2. The van der Waals surface area contributed by atoms with Gasteiger partial charge in [-0.2, -0.15) is 0 Å². The van der Waals surface area contributed by atoms with E-state index in [1.54, 1.807) is 7.11 Å². The van der Waals surface area contributed by atoms with Gasteiger partial charge in [-0.25, -0.2) is 0 Å². The fraction of sp³-hybridized carbons (Fsp3) is 0.467. The number of para-hydroxylation sites is 1. The Morgan fingerprint density at radius 1 is 1.56 bits per heavy atom. The van der Waals surface area contributed by atoms with Gasteiger partial charge in [0.15, 0.2) is 11.5 Å². The van der Waals surface area contributed by atoms with E-state index in [9.17, 15) is 0 Å². The minimum absolute atomic E-state index is 0.00376. The number of methoxy groups -OCH3 is 1. The highest BCUT2D eigenvalue weighted by Crippen LogP contribution is 2.46. The molecular formula is C15H19NO2. The third-order valence-electron chi connectivity index (χ3n) is 3.32. The normalized spacial score (nSPS) is 20.4. The number of fused-ring (bicyclic) bond motifs is 1. The quantitative estimate of drug-likeness (QED) is 0.829. The summed E-state index contributed by atoms with van der Waals surface area (Å²) in [5, 5.41) is 3.40. The number of hydrogen-bond acceptors (Lipinski definition) is 3. The van der Waals surface area contributed by atoms with Crippen molar-refractivity contribution in [1.82, 2.24) is 5.32 Å². The molecule has 0 spiro atoms.